The minimum Gasteiger partial charge on any atom is -0.394 e. The van der Waals surface area contributed by atoms with E-state index in [1.54, 1.807) is 0 Å². The van der Waals surface area contributed by atoms with E-state index in [0.717, 1.165) is 0 Å². The Labute approximate surface area is 241 Å². The van der Waals surface area contributed by atoms with Crippen LogP contribution in [0.15, 0.2) is 0 Å². The molecule has 42 heavy (non-hydrogen) atoms. The van der Waals surface area contributed by atoms with Crippen molar-refractivity contribution in [3.63, 3.8) is 0 Å². The predicted molar refractivity (Wildman–Crippen MR) is 138 cm³/mol. The Morgan fingerprint density at radius 3 is 1.45 bits per heavy atom. The molecule has 0 radical (unpaired) electrons. The average molecular weight is 615 g/mol. The lowest BCUT2D eigenvalue weighted by Crippen LogP contribution is -2.68. The monoisotopic (exact) mass is 614 g/mol. The summed E-state index contributed by atoms with van der Waals surface area (Å²) in [5.74, 6) is 0. The van der Waals surface area contributed by atoms with E-state index in [0.29, 0.717) is 0 Å². The van der Waals surface area contributed by atoms with E-state index in [1.165, 1.54) is 0 Å². The van der Waals surface area contributed by atoms with Crippen molar-refractivity contribution in [1.29, 1.82) is 0 Å². The lowest BCUT2D eigenvalue weighted by molar-refractivity contribution is -0.306. The summed E-state index contributed by atoms with van der Waals surface area (Å²) in [7, 11) is 0. The lowest BCUT2D eigenvalue weighted by Gasteiger charge is -2.47. The van der Waals surface area contributed by atoms with Gasteiger partial charge in [0.15, 0.2) is 18.9 Å². The van der Waals surface area contributed by atoms with Crippen molar-refractivity contribution in [1.82, 2.24) is 0 Å². The first-order chi connectivity index (χ1) is 19.8. The molecule has 0 unspecified atom stereocenters. The summed E-state index contributed by atoms with van der Waals surface area (Å²) < 4.78 is 34.6. The third-order valence-electron chi connectivity index (χ3n) is 8.37. The maximum atomic E-state index is 11.1. The number of nitrogens with two attached hydrogens (primary N) is 6. The van der Waals surface area contributed by atoms with E-state index in [9.17, 15) is 35.7 Å². The third-order valence-corrected chi connectivity index (χ3v) is 8.37. The lowest BCUT2D eigenvalue weighted by atomic mass is 9.84. The molecule has 19 N–H and O–H groups in total. The Balaban J connectivity index is 1.50. The molecule has 246 valence electrons. The van der Waals surface area contributed by atoms with Gasteiger partial charge in [-0.05, 0) is 6.42 Å². The predicted octanol–water partition coefficient (Wildman–Crippen LogP) is -8.90. The van der Waals surface area contributed by atoms with Gasteiger partial charge in [-0.25, -0.2) is 0 Å². The molecule has 19 atom stereocenters. The van der Waals surface area contributed by atoms with Crippen LogP contribution in [0.2, 0.25) is 0 Å². The van der Waals surface area contributed by atoms with E-state index in [-0.39, 0.29) is 19.5 Å². The molecule has 1 saturated carbocycles. The Hall–Kier alpha value is -0.760. The molecular formula is C23H46N6O13. The fraction of sp³-hybridized carbons (Fsp3) is 1.00. The highest BCUT2D eigenvalue weighted by atomic mass is 16.8. The standard InChI is InChI=1S/C23H46N6O13/c24-2-7-13(32)15(34)10(28)21(37-7)40-18-6(27)1-5(26)12(31)20(18)42-23-17(36)19(9(4-30)39-23)41-22-11(29)16(35)14(33)8(3-25)38-22/h5-23,30-36H,1-4,24-29H2/t5-,6+,7-,8+,9-,10-,11-,12-,13-,14-,15-,16-,17-,18-,19-,20+,21-,22-,23+/m1/s1. The molecule has 1 aliphatic carbocycles. The highest BCUT2D eigenvalue weighted by molar-refractivity contribution is 5.02. The van der Waals surface area contributed by atoms with Crippen molar-refractivity contribution in [2.24, 2.45) is 34.4 Å². The zero-order chi connectivity index (χ0) is 31.0. The van der Waals surface area contributed by atoms with Crippen LogP contribution < -0.4 is 34.4 Å². The summed E-state index contributed by atoms with van der Waals surface area (Å²) in [5.41, 5.74) is 35.6. The normalized spacial score (nSPS) is 53.8. The van der Waals surface area contributed by atoms with Crippen LogP contribution in [0.3, 0.4) is 0 Å². The minimum absolute atomic E-state index is 0.0889. The molecule has 3 heterocycles. The van der Waals surface area contributed by atoms with Gasteiger partial charge >= 0.3 is 0 Å². The largest absolute Gasteiger partial charge is 0.394 e. The number of aliphatic hydroxyl groups excluding tert-OH is 7. The van der Waals surface area contributed by atoms with E-state index in [2.05, 4.69) is 0 Å². The molecule has 19 heteroatoms. The Morgan fingerprint density at radius 1 is 0.524 bits per heavy atom. The van der Waals surface area contributed by atoms with Gasteiger partial charge in [0.2, 0.25) is 0 Å². The van der Waals surface area contributed by atoms with Crippen molar-refractivity contribution >= 4 is 0 Å². The van der Waals surface area contributed by atoms with Gasteiger partial charge in [0.05, 0.1) is 24.8 Å². The van der Waals surface area contributed by atoms with Gasteiger partial charge in [-0.15, -0.1) is 0 Å². The van der Waals surface area contributed by atoms with Gasteiger partial charge in [0.25, 0.3) is 0 Å². The van der Waals surface area contributed by atoms with Crippen LogP contribution in [-0.2, 0) is 28.4 Å². The second-order valence-corrected chi connectivity index (χ2v) is 11.2. The molecule has 19 nitrogen and oxygen atoms in total. The highest BCUT2D eigenvalue weighted by Crippen LogP contribution is 2.34. The zero-order valence-corrected chi connectivity index (χ0v) is 22.8. The fourth-order valence-electron chi connectivity index (χ4n) is 5.74. The molecule has 0 aromatic heterocycles. The van der Waals surface area contributed by atoms with Crippen molar-refractivity contribution in [2.45, 2.75) is 123 Å². The number of rotatable bonds is 9. The first-order valence-corrected chi connectivity index (χ1v) is 13.9. The van der Waals surface area contributed by atoms with Crippen LogP contribution in [-0.4, -0.2) is 172 Å². The van der Waals surface area contributed by atoms with Crippen molar-refractivity contribution in [2.75, 3.05) is 19.7 Å². The quantitative estimate of drug-likeness (QED) is 0.115. The van der Waals surface area contributed by atoms with Crippen LogP contribution in [0.4, 0.5) is 0 Å². The minimum atomic E-state index is -1.60. The van der Waals surface area contributed by atoms with E-state index in [4.69, 9.17) is 62.8 Å². The molecule has 0 aromatic carbocycles. The SMILES string of the molecule is NC[C@@H]1O[C@H](O[C@H]2[C@@H](O)[C@H](O[C@H]3[C@H](O)[C@H](N)C[C@H](N)[C@H]3O[C@H]3O[C@H](CN)[C@@H](O)[C@H](O)[C@H]3N)O[C@@H]2CO)[C@H](N)[C@@H](O)[C@@H]1O. The molecule has 3 aliphatic heterocycles. The van der Waals surface area contributed by atoms with E-state index in [1.807, 2.05) is 0 Å². The van der Waals surface area contributed by atoms with Gasteiger partial charge < -0.3 is 98.6 Å². The maximum Gasteiger partial charge on any atom is 0.187 e. The van der Waals surface area contributed by atoms with Gasteiger partial charge in [0.1, 0.15) is 67.1 Å². The first kappa shape index (κ1) is 34.1. The average Bonchev–Trinajstić information content (AvgIpc) is 3.27. The molecule has 4 fully saturated rings. The highest BCUT2D eigenvalue weighted by Gasteiger charge is 2.54. The maximum absolute atomic E-state index is 11.1. The summed E-state index contributed by atoms with van der Waals surface area (Å²) in [6.45, 7) is -0.967. The van der Waals surface area contributed by atoms with E-state index < -0.39 is 123 Å². The molecule has 0 amide bonds. The van der Waals surface area contributed by atoms with Gasteiger partial charge in [-0.2, -0.15) is 0 Å². The molecular weight excluding hydrogens is 568 g/mol. The molecule has 0 spiro atoms. The van der Waals surface area contributed by atoms with Crippen molar-refractivity contribution < 1.29 is 64.2 Å². The zero-order valence-electron chi connectivity index (χ0n) is 22.8. The fourth-order valence-corrected chi connectivity index (χ4v) is 5.74. The van der Waals surface area contributed by atoms with Gasteiger partial charge in [0, 0.05) is 25.2 Å². The van der Waals surface area contributed by atoms with Crippen LogP contribution in [0.25, 0.3) is 0 Å². The van der Waals surface area contributed by atoms with Crippen molar-refractivity contribution in [3.8, 4) is 0 Å². The molecule has 4 aliphatic rings. The molecule has 3 saturated heterocycles. The second kappa shape index (κ2) is 14.1. The van der Waals surface area contributed by atoms with Crippen LogP contribution in [0, 0.1) is 0 Å². The Kier molecular flexibility index (Phi) is 11.5. The van der Waals surface area contributed by atoms with Crippen molar-refractivity contribution in [3.05, 3.63) is 0 Å². The second-order valence-electron chi connectivity index (χ2n) is 11.2. The van der Waals surface area contributed by atoms with Gasteiger partial charge in [-0.1, -0.05) is 0 Å². The Bertz CT molecular complexity index is 868. The van der Waals surface area contributed by atoms with Crippen LogP contribution >= 0.6 is 0 Å². The number of aliphatic hydroxyl groups is 7. The summed E-state index contributed by atoms with van der Waals surface area (Å²) >= 11 is 0. The van der Waals surface area contributed by atoms with Crippen LogP contribution in [0.5, 0.6) is 0 Å². The smallest absolute Gasteiger partial charge is 0.187 e. The first-order valence-electron chi connectivity index (χ1n) is 13.9. The molecule has 0 aromatic rings. The Morgan fingerprint density at radius 2 is 0.976 bits per heavy atom. The third kappa shape index (κ3) is 6.60. The molecule has 0 bridgehead atoms. The van der Waals surface area contributed by atoms with E-state index >= 15 is 0 Å². The molecule has 4 rings (SSSR count). The number of hydrogen-bond donors (Lipinski definition) is 13. The van der Waals surface area contributed by atoms with Gasteiger partial charge in [-0.3, -0.25) is 0 Å². The topological polar surface area (TPSA) is 353 Å². The summed E-state index contributed by atoms with van der Waals surface area (Å²) in [4.78, 5) is 0. The van der Waals surface area contributed by atoms with Crippen LogP contribution in [0.1, 0.15) is 6.42 Å². The number of ether oxygens (including phenoxy) is 6. The summed E-state index contributed by atoms with van der Waals surface area (Å²) in [6, 6.07) is -4.18. The summed E-state index contributed by atoms with van der Waals surface area (Å²) in [5, 5.41) is 73.0. The number of hydrogen-bond acceptors (Lipinski definition) is 19. The summed E-state index contributed by atoms with van der Waals surface area (Å²) in [6.07, 6.45) is -19.8.